The van der Waals surface area contributed by atoms with Gasteiger partial charge in [0.15, 0.2) is 0 Å². The first-order valence-electron chi connectivity index (χ1n) is 10.2. The molecule has 2 aromatic rings. The lowest BCUT2D eigenvalue weighted by Gasteiger charge is -2.37. The van der Waals surface area contributed by atoms with Gasteiger partial charge in [-0.15, -0.1) is 0 Å². The summed E-state index contributed by atoms with van der Waals surface area (Å²) in [5.41, 5.74) is 0.819. The number of esters is 1. The van der Waals surface area contributed by atoms with E-state index >= 15 is 0 Å². The summed E-state index contributed by atoms with van der Waals surface area (Å²) in [4.78, 5) is 40.2. The molecule has 7 rings (SSSR count). The van der Waals surface area contributed by atoms with Crippen LogP contribution in [0.1, 0.15) is 16.8 Å². The molecule has 6 atom stereocenters. The molecule has 0 aromatic heterocycles. The zero-order valence-electron chi connectivity index (χ0n) is 15.9. The molecule has 0 spiro atoms. The molecule has 3 fully saturated rings. The number of hydrogen-bond acceptors (Lipinski definition) is 4. The van der Waals surface area contributed by atoms with Gasteiger partial charge in [-0.1, -0.05) is 29.8 Å². The second-order valence-electron chi connectivity index (χ2n) is 8.56. The van der Waals surface area contributed by atoms with E-state index in [-0.39, 0.29) is 41.2 Å². The van der Waals surface area contributed by atoms with Crippen LogP contribution in [0.25, 0.3) is 0 Å². The molecule has 0 unspecified atom stereocenters. The highest BCUT2D eigenvalue weighted by molar-refractivity contribution is 6.30. The van der Waals surface area contributed by atoms with Gasteiger partial charge in [-0.05, 0) is 66.5 Å². The number of amides is 2. The van der Waals surface area contributed by atoms with Gasteiger partial charge >= 0.3 is 5.97 Å². The monoisotopic (exact) mass is 419 g/mol. The topological polar surface area (TPSA) is 63.7 Å². The third kappa shape index (κ3) is 2.51. The fourth-order valence-electron chi connectivity index (χ4n) is 5.65. The van der Waals surface area contributed by atoms with E-state index in [1.807, 2.05) is 0 Å². The maximum atomic E-state index is 13.2. The van der Waals surface area contributed by atoms with E-state index in [2.05, 4.69) is 12.2 Å². The van der Waals surface area contributed by atoms with Crippen molar-refractivity contribution in [3.05, 3.63) is 71.3 Å². The molecule has 4 aliphatic carbocycles. The summed E-state index contributed by atoms with van der Waals surface area (Å²) in [6.45, 7) is 0. The van der Waals surface area contributed by atoms with Crippen molar-refractivity contribution in [3.63, 3.8) is 0 Å². The van der Waals surface area contributed by atoms with Gasteiger partial charge in [0, 0.05) is 11.1 Å². The lowest BCUT2D eigenvalue weighted by molar-refractivity contribution is -0.124. The van der Waals surface area contributed by atoms with Crippen molar-refractivity contribution in [2.24, 2.45) is 35.5 Å². The molecule has 0 radical (unpaired) electrons. The minimum absolute atomic E-state index is 0.129. The van der Waals surface area contributed by atoms with Crippen LogP contribution in [0, 0.1) is 35.5 Å². The largest absolute Gasteiger partial charge is 0.423 e. The number of ether oxygens (including phenoxy) is 1. The summed E-state index contributed by atoms with van der Waals surface area (Å²) >= 11 is 5.86. The van der Waals surface area contributed by atoms with Crippen molar-refractivity contribution < 1.29 is 19.1 Å². The first-order valence-corrected chi connectivity index (χ1v) is 10.5. The molecule has 2 bridgehead atoms. The summed E-state index contributed by atoms with van der Waals surface area (Å²) in [5.74, 6) is 0.467. The Balaban J connectivity index is 1.27. The van der Waals surface area contributed by atoms with E-state index in [1.54, 1.807) is 48.5 Å². The zero-order chi connectivity index (χ0) is 20.6. The van der Waals surface area contributed by atoms with Gasteiger partial charge < -0.3 is 4.74 Å². The van der Waals surface area contributed by atoms with Crippen molar-refractivity contribution in [1.29, 1.82) is 0 Å². The molecule has 6 heteroatoms. The number of benzene rings is 2. The number of nitrogens with zero attached hydrogens (tertiary/aromatic N) is 1. The Morgan fingerprint density at radius 2 is 1.57 bits per heavy atom. The number of hydrogen-bond donors (Lipinski definition) is 0. The van der Waals surface area contributed by atoms with E-state index in [0.29, 0.717) is 28.1 Å². The summed E-state index contributed by atoms with van der Waals surface area (Å²) in [6.07, 6.45) is 5.43. The minimum atomic E-state index is -0.529. The van der Waals surface area contributed by atoms with Crippen LogP contribution in [0.5, 0.6) is 5.75 Å². The van der Waals surface area contributed by atoms with Crippen LogP contribution in [-0.4, -0.2) is 17.8 Å². The van der Waals surface area contributed by atoms with Crippen LogP contribution in [0.2, 0.25) is 5.02 Å². The lowest BCUT2D eigenvalue weighted by atomic mass is 9.63. The van der Waals surface area contributed by atoms with E-state index in [9.17, 15) is 14.4 Å². The number of rotatable bonds is 3. The standard InChI is InChI=1S/C24H18ClNO4/c25-13-6-4-12(5-7-13)24(29)30-15-3-1-2-14(10-15)26-22(27)20-16-8-9-17(19-11-18(16)19)21(20)23(26)28/h1-10,16-21H,11H2/t16-,17-,18-,19-,20+,21+/m0/s1. The van der Waals surface area contributed by atoms with Gasteiger partial charge in [-0.3, -0.25) is 9.59 Å². The van der Waals surface area contributed by atoms with Crippen molar-refractivity contribution in [2.75, 3.05) is 4.90 Å². The molecule has 5 aliphatic rings. The Hall–Kier alpha value is -2.92. The zero-order valence-corrected chi connectivity index (χ0v) is 16.7. The number of halogens is 1. The Bertz CT molecular complexity index is 1090. The molecule has 1 heterocycles. The average Bonchev–Trinajstić information content (AvgIpc) is 3.52. The van der Waals surface area contributed by atoms with E-state index in [4.69, 9.17) is 16.3 Å². The highest BCUT2D eigenvalue weighted by atomic mass is 35.5. The van der Waals surface area contributed by atoms with Crippen molar-refractivity contribution in [3.8, 4) is 5.75 Å². The normalized spacial score (nSPS) is 32.8. The molecular formula is C24H18ClNO4. The van der Waals surface area contributed by atoms with E-state index < -0.39 is 5.97 Å². The first-order chi connectivity index (χ1) is 14.5. The van der Waals surface area contributed by atoms with Crippen LogP contribution in [-0.2, 0) is 9.59 Å². The number of anilines is 1. The summed E-state index contributed by atoms with van der Waals surface area (Å²) in [7, 11) is 0. The Kier molecular flexibility index (Phi) is 3.75. The number of carbonyl (C=O) groups excluding carboxylic acids is 3. The van der Waals surface area contributed by atoms with Gasteiger partial charge in [0.2, 0.25) is 11.8 Å². The highest BCUT2D eigenvalue weighted by Gasteiger charge is 2.67. The second kappa shape index (κ2) is 6.29. The molecule has 1 saturated heterocycles. The minimum Gasteiger partial charge on any atom is -0.423 e. The molecular weight excluding hydrogens is 402 g/mol. The molecule has 2 saturated carbocycles. The van der Waals surface area contributed by atoms with E-state index in [1.165, 1.54) is 4.90 Å². The van der Waals surface area contributed by atoms with E-state index in [0.717, 1.165) is 6.42 Å². The smallest absolute Gasteiger partial charge is 0.343 e. The third-order valence-corrected chi connectivity index (χ3v) is 7.28. The van der Waals surface area contributed by atoms with Gasteiger partial charge in [0.05, 0.1) is 23.1 Å². The van der Waals surface area contributed by atoms with Gasteiger partial charge in [0.25, 0.3) is 0 Å². The fourth-order valence-corrected chi connectivity index (χ4v) is 5.78. The SMILES string of the molecule is O=C(Oc1cccc(N2C(=O)[C@@H]3[C@H]4C=C[C@@H]([C@@H]5C[C@@H]45)[C@H]3C2=O)c1)c1ccc(Cl)cc1. The predicted octanol–water partition coefficient (Wildman–Crippen LogP) is 4.12. The van der Waals surface area contributed by atoms with Crippen molar-refractivity contribution in [1.82, 2.24) is 0 Å². The van der Waals surface area contributed by atoms with Gasteiger partial charge in [0.1, 0.15) is 5.75 Å². The van der Waals surface area contributed by atoms with Gasteiger partial charge in [-0.2, -0.15) is 0 Å². The molecule has 2 amide bonds. The van der Waals surface area contributed by atoms with Crippen LogP contribution >= 0.6 is 11.6 Å². The van der Waals surface area contributed by atoms with Crippen LogP contribution in [0.4, 0.5) is 5.69 Å². The second-order valence-corrected chi connectivity index (χ2v) is 9.00. The van der Waals surface area contributed by atoms with Crippen LogP contribution in [0.15, 0.2) is 60.7 Å². The fraction of sp³-hybridized carbons (Fsp3) is 0.292. The summed E-state index contributed by atoms with van der Waals surface area (Å²) in [6, 6.07) is 13.0. The van der Waals surface area contributed by atoms with Crippen molar-refractivity contribution >= 4 is 35.1 Å². The molecule has 1 aliphatic heterocycles. The number of carbonyl (C=O) groups is 3. The third-order valence-electron chi connectivity index (χ3n) is 7.03. The summed E-state index contributed by atoms with van der Waals surface area (Å²) < 4.78 is 5.46. The first kappa shape index (κ1) is 17.9. The highest BCUT2D eigenvalue weighted by Crippen LogP contribution is 2.65. The number of allylic oxidation sites excluding steroid dienone is 2. The molecule has 150 valence electrons. The van der Waals surface area contributed by atoms with Gasteiger partial charge in [-0.25, -0.2) is 9.69 Å². The maximum Gasteiger partial charge on any atom is 0.343 e. The quantitative estimate of drug-likeness (QED) is 0.325. The van der Waals surface area contributed by atoms with Crippen LogP contribution < -0.4 is 9.64 Å². The Labute approximate surface area is 178 Å². The Morgan fingerprint density at radius 1 is 0.933 bits per heavy atom. The lowest BCUT2D eigenvalue weighted by Crippen LogP contribution is -2.40. The predicted molar refractivity (Wildman–Crippen MR) is 110 cm³/mol. The van der Waals surface area contributed by atoms with Crippen molar-refractivity contribution in [2.45, 2.75) is 6.42 Å². The molecule has 0 N–H and O–H groups in total. The summed E-state index contributed by atoms with van der Waals surface area (Å²) in [5, 5.41) is 0.530. The van der Waals surface area contributed by atoms with Crippen LogP contribution in [0.3, 0.4) is 0 Å². The molecule has 2 aromatic carbocycles. The number of imide groups is 1. The average molecular weight is 420 g/mol. The molecule has 30 heavy (non-hydrogen) atoms. The Morgan fingerprint density at radius 3 is 2.20 bits per heavy atom. The molecule has 5 nitrogen and oxygen atoms in total. The maximum absolute atomic E-state index is 13.2.